The molecule has 366 valence electrons. The fourth-order valence-electron chi connectivity index (χ4n) is 10.2. The topological polar surface area (TPSA) is 32.4 Å². The molecule has 0 N–H and O–H groups in total. The molecule has 15 rings (SSSR count). The first-order chi connectivity index (χ1) is 41.2. The van der Waals surface area contributed by atoms with Gasteiger partial charge in [0.2, 0.25) is 0 Å². The van der Waals surface area contributed by atoms with Crippen molar-refractivity contribution in [1.29, 1.82) is 0 Å². The molecule has 10 nitrogen and oxygen atoms in total. The normalized spacial score (nSPS) is 19.2. The molecule has 6 aliphatic rings. The number of anilines is 18. The van der Waals surface area contributed by atoms with Gasteiger partial charge in [-0.25, -0.2) is 0 Å². The first-order valence-corrected chi connectivity index (χ1v) is 28.0. The summed E-state index contributed by atoms with van der Waals surface area (Å²) in [4.78, 5) is 17.1. The molecule has 0 spiro atoms. The van der Waals surface area contributed by atoms with Crippen molar-refractivity contribution in [2.24, 2.45) is 0 Å². The first kappa shape index (κ1) is 32.8. The van der Waals surface area contributed by atoms with Crippen molar-refractivity contribution >= 4 is 119 Å². The van der Waals surface area contributed by atoms with Crippen LogP contribution in [0, 0.1) is 24.3 Å². The van der Waals surface area contributed by atoms with Gasteiger partial charge in [0.25, 0.3) is 0 Å². The minimum absolute atomic E-state index is 0.416. The standard InChI is InChI=1S/C62H44N10.2Pt/c1-63-41-67(59-29-9-5-25-55(59)63)47-17-13-21-51(37-47)71(52-22-14-18-48(38-52)68-42-64(2)56-26-6-10-30-60(56)68)45-33-35-46(36-34-45)72(53-23-15-19-49(39-53)69-43-65(3)57-27-7-11-31-61(57)69)54-24-16-20-50(40-54)70-44-66(4)58-28-8-12-32-62(58)70;;/h5-36H,1-4H3;;/q-4;;/i1D3,2D3,3D3,4D3;;. The average molecular weight is 1330 g/mol. The van der Waals surface area contributed by atoms with E-state index in [9.17, 15) is 0 Å². The predicted molar refractivity (Wildman–Crippen MR) is 299 cm³/mol. The summed E-state index contributed by atoms with van der Waals surface area (Å²) in [6.45, 7) is -10.7. The van der Waals surface area contributed by atoms with E-state index in [1.54, 1.807) is 48.5 Å². The Hall–Kier alpha value is -8.16. The summed E-state index contributed by atoms with van der Waals surface area (Å²) < 4.78 is 110. The van der Waals surface area contributed by atoms with Crippen molar-refractivity contribution in [3.8, 4) is 0 Å². The van der Waals surface area contributed by atoms with Crippen LogP contribution < -0.4 is 49.0 Å². The van der Waals surface area contributed by atoms with E-state index in [1.165, 1.54) is 19.6 Å². The SMILES string of the molecule is [2H]C([2H])([2H])N1[C]2=[Pt]=[C]3N(c4[c-]c(ccc4)N(c4ccc(N5c6[c-]c(ccc6)N6[C](=[Pt]=[C]7N(c8[c-]c5ccc8)c5ccccc5N7C([2H])([2H])[2H])N(C([2H])([2H])[2H])c5ccccc56)cc4)c4[c-]c(ccc4)N2c2ccccc21)c1ccccc1N3C([2H])([2H])[2H]. The van der Waals surface area contributed by atoms with Gasteiger partial charge in [0.05, 0.1) is 0 Å². The van der Waals surface area contributed by atoms with E-state index in [2.05, 4.69) is 24.3 Å². The number of nitrogens with zero attached hydrogens (tertiary/aromatic N) is 10. The summed E-state index contributed by atoms with van der Waals surface area (Å²) in [5.41, 5.74) is 10.2. The molecule has 0 fully saturated rings. The zero-order valence-corrected chi connectivity index (χ0v) is 43.1. The summed E-state index contributed by atoms with van der Waals surface area (Å²) in [7, 11) is 0. The number of fused-ring (bicyclic) bond motifs is 24. The Morgan fingerprint density at radius 2 is 0.473 bits per heavy atom. The van der Waals surface area contributed by atoms with Crippen molar-refractivity contribution in [1.82, 2.24) is 0 Å². The number of benzene rings is 9. The van der Waals surface area contributed by atoms with Crippen molar-refractivity contribution in [2.45, 2.75) is 0 Å². The summed E-state index contributed by atoms with van der Waals surface area (Å²) in [6, 6.07) is 74.7. The summed E-state index contributed by atoms with van der Waals surface area (Å²) >= 11 is -3.37. The van der Waals surface area contributed by atoms with Crippen LogP contribution in [0.15, 0.2) is 194 Å². The maximum atomic E-state index is 9.01. The summed E-state index contributed by atoms with van der Waals surface area (Å²) in [5.74, 6) is 0. The van der Waals surface area contributed by atoms with E-state index < -0.39 is 63.2 Å². The fourth-order valence-corrected chi connectivity index (χ4v) is 16.4. The predicted octanol–water partition coefficient (Wildman–Crippen LogP) is 12.7. The van der Waals surface area contributed by atoms with Crippen LogP contribution in [0.2, 0.25) is 0 Å². The first-order valence-electron chi connectivity index (χ1n) is 29.4. The maximum absolute atomic E-state index is 9.01. The molecule has 6 heterocycles. The Labute approximate surface area is 463 Å². The zero-order chi connectivity index (χ0) is 59.3. The van der Waals surface area contributed by atoms with E-state index in [1.807, 2.05) is 175 Å². The second-order valence-electron chi connectivity index (χ2n) is 17.6. The van der Waals surface area contributed by atoms with Crippen LogP contribution >= 0.6 is 0 Å². The number of rotatable bonds is 2. The van der Waals surface area contributed by atoms with Gasteiger partial charge in [-0.2, -0.15) is 0 Å². The molecule has 0 aromatic heterocycles. The molecule has 6 aliphatic heterocycles. The van der Waals surface area contributed by atoms with E-state index in [0.717, 1.165) is 0 Å². The fraction of sp³-hybridized carbons (Fsp3) is 0.0645. The van der Waals surface area contributed by atoms with Crippen molar-refractivity contribution < 1.29 is 51.7 Å². The summed E-state index contributed by atoms with van der Waals surface area (Å²) in [5, 5.41) is 0. The van der Waals surface area contributed by atoms with Crippen molar-refractivity contribution in [3.63, 3.8) is 0 Å². The molecule has 74 heavy (non-hydrogen) atoms. The molecule has 0 unspecified atom stereocenters. The van der Waals surface area contributed by atoms with Gasteiger partial charge < -0.3 is 0 Å². The van der Waals surface area contributed by atoms with Crippen LogP contribution in [0.5, 0.6) is 0 Å². The van der Waals surface area contributed by atoms with Gasteiger partial charge in [0.1, 0.15) is 0 Å². The number of hydrogen-bond donors (Lipinski definition) is 0. The van der Waals surface area contributed by atoms with Crippen molar-refractivity contribution in [2.75, 3.05) is 76.9 Å². The third-order valence-corrected chi connectivity index (χ3v) is 19.6. The minimum atomic E-state index is -2.66. The molecule has 9 aromatic carbocycles. The van der Waals surface area contributed by atoms with Crippen LogP contribution in [0.4, 0.5) is 102 Å². The van der Waals surface area contributed by atoms with Gasteiger partial charge in [0.15, 0.2) is 0 Å². The molecule has 0 atom stereocenters. The monoisotopic (exact) mass is 1330 g/mol. The molecular formula is C62H44N10Pt2-4. The number of para-hydroxylation sites is 8. The van der Waals surface area contributed by atoms with Gasteiger partial charge in [-0.05, 0) is 0 Å². The van der Waals surface area contributed by atoms with E-state index in [-0.39, 0.29) is 0 Å². The van der Waals surface area contributed by atoms with Crippen LogP contribution in [-0.4, -0.2) is 44.5 Å². The Balaban J connectivity index is 0.929. The van der Waals surface area contributed by atoms with E-state index in [4.69, 9.17) is 16.4 Å². The van der Waals surface area contributed by atoms with Crippen LogP contribution in [-0.2, 0) is 35.3 Å². The van der Waals surface area contributed by atoms with E-state index in [0.29, 0.717) is 119 Å². The van der Waals surface area contributed by atoms with Gasteiger partial charge >= 0.3 is 466 Å². The summed E-state index contributed by atoms with van der Waals surface area (Å²) in [6.07, 6.45) is 0. The quantitative estimate of drug-likeness (QED) is 0.156. The number of hydrogen-bond acceptors (Lipinski definition) is 10. The molecule has 0 aliphatic carbocycles. The molecule has 8 bridgehead atoms. The van der Waals surface area contributed by atoms with Crippen LogP contribution in [0.1, 0.15) is 16.4 Å². The Morgan fingerprint density at radius 1 is 0.257 bits per heavy atom. The van der Waals surface area contributed by atoms with Crippen molar-refractivity contribution in [3.05, 3.63) is 218 Å². The third-order valence-electron chi connectivity index (χ3n) is 13.5. The molecule has 0 saturated heterocycles. The molecule has 0 amide bonds. The third kappa shape index (κ3) is 6.44. The molecule has 0 radical (unpaired) electrons. The Morgan fingerprint density at radius 3 is 0.703 bits per heavy atom. The average Bonchev–Trinajstić information content (AvgIpc) is 1.73. The van der Waals surface area contributed by atoms with Crippen LogP contribution in [0.3, 0.4) is 0 Å². The van der Waals surface area contributed by atoms with Gasteiger partial charge in [-0.3, -0.25) is 0 Å². The van der Waals surface area contributed by atoms with Gasteiger partial charge in [-0.15, -0.1) is 0 Å². The molecule has 9 aromatic rings. The zero-order valence-electron chi connectivity index (χ0n) is 50.6. The molecule has 0 saturated carbocycles. The molecule has 12 heteroatoms. The Bertz CT molecular complexity index is 3930. The Kier molecular flexibility index (Phi) is 7.40. The van der Waals surface area contributed by atoms with Gasteiger partial charge in [0, 0.05) is 0 Å². The second kappa shape index (κ2) is 16.7. The van der Waals surface area contributed by atoms with Crippen LogP contribution in [0.25, 0.3) is 0 Å². The van der Waals surface area contributed by atoms with Gasteiger partial charge in [-0.1, -0.05) is 0 Å². The second-order valence-corrected chi connectivity index (χ2v) is 22.8. The van der Waals surface area contributed by atoms with E-state index >= 15 is 0 Å². The molecular weight excluding hydrogens is 1270 g/mol.